The first-order chi connectivity index (χ1) is 10.3. The van der Waals surface area contributed by atoms with Gasteiger partial charge in [-0.2, -0.15) is 0 Å². The molecule has 4 aromatic rings. The average molecular weight is 276 g/mol. The van der Waals surface area contributed by atoms with E-state index in [2.05, 4.69) is 49.9 Å². The van der Waals surface area contributed by atoms with Crippen molar-refractivity contribution < 1.29 is 4.57 Å². The lowest BCUT2D eigenvalue weighted by atomic mass is 10.2. The van der Waals surface area contributed by atoms with Crippen molar-refractivity contribution in [2.75, 3.05) is 0 Å². The lowest BCUT2D eigenvalue weighted by Crippen LogP contribution is -2.33. The number of fused-ring (bicyclic) bond motifs is 7. The molecule has 0 N–H and O–H groups in total. The third-order valence-corrected chi connectivity index (χ3v) is 4.53. The van der Waals surface area contributed by atoms with Crippen molar-refractivity contribution in [3.05, 3.63) is 42.4 Å². The molecule has 0 saturated heterocycles. The number of hydrogen-bond acceptors (Lipinski definition) is 2. The molecule has 1 aliphatic heterocycles. The lowest BCUT2D eigenvalue weighted by Gasteiger charge is -1.97. The smallest absolute Gasteiger partial charge is 0.264 e. The first kappa shape index (κ1) is 11.0. The summed E-state index contributed by atoms with van der Waals surface area (Å²) in [4.78, 5) is 8.78. The Labute approximate surface area is 121 Å². The number of rotatable bonds is 0. The Hall–Kier alpha value is -2.69. The summed E-state index contributed by atoms with van der Waals surface area (Å²) < 4.78 is 6.84. The second kappa shape index (κ2) is 3.49. The minimum atomic E-state index is 0.875. The van der Waals surface area contributed by atoms with Gasteiger partial charge in [0, 0.05) is 24.2 Å². The zero-order valence-corrected chi connectivity index (χ0v) is 11.9. The lowest BCUT2D eigenvalue weighted by molar-refractivity contribution is -0.648. The molecule has 0 unspecified atom stereocenters. The average Bonchev–Trinajstić information content (AvgIpc) is 3.11. The van der Waals surface area contributed by atoms with E-state index in [9.17, 15) is 0 Å². The van der Waals surface area contributed by atoms with Gasteiger partial charge in [-0.05, 0) is 18.2 Å². The van der Waals surface area contributed by atoms with Gasteiger partial charge in [-0.3, -0.25) is 9.55 Å². The minimum absolute atomic E-state index is 0.875. The van der Waals surface area contributed by atoms with E-state index in [1.165, 1.54) is 33.5 Å². The highest BCUT2D eigenvalue weighted by Crippen LogP contribution is 2.33. The van der Waals surface area contributed by atoms with Crippen LogP contribution in [0.1, 0.15) is 5.56 Å². The number of hydrogen-bond donors (Lipinski definition) is 0. The van der Waals surface area contributed by atoms with Crippen LogP contribution < -0.4 is 4.57 Å². The SMILES string of the molecule is Cn1c2[n+](c3c1c1cccnc1n3C)Cc1cnccc1-2. The van der Waals surface area contributed by atoms with E-state index in [1.807, 2.05) is 24.7 Å². The second-order valence-corrected chi connectivity index (χ2v) is 5.61. The van der Waals surface area contributed by atoms with Crippen molar-refractivity contribution in [2.45, 2.75) is 6.54 Å². The second-order valence-electron chi connectivity index (χ2n) is 5.61. The molecule has 5 nitrogen and oxygen atoms in total. The predicted molar refractivity (Wildman–Crippen MR) is 79.7 cm³/mol. The van der Waals surface area contributed by atoms with E-state index in [0.717, 1.165) is 12.2 Å². The van der Waals surface area contributed by atoms with E-state index in [1.54, 1.807) is 0 Å². The maximum atomic E-state index is 4.53. The number of imidazole rings is 1. The Kier molecular flexibility index (Phi) is 1.83. The van der Waals surface area contributed by atoms with Gasteiger partial charge in [-0.25, -0.2) is 14.1 Å². The zero-order valence-electron chi connectivity index (χ0n) is 11.9. The normalized spacial score (nSPS) is 13.0. The Morgan fingerprint density at radius 3 is 2.95 bits per heavy atom. The van der Waals surface area contributed by atoms with Crippen LogP contribution in [0.4, 0.5) is 0 Å². The number of pyridine rings is 2. The van der Waals surface area contributed by atoms with Crippen LogP contribution in [-0.2, 0) is 20.6 Å². The summed E-state index contributed by atoms with van der Waals surface area (Å²) in [6.45, 7) is 0.875. The van der Waals surface area contributed by atoms with E-state index in [4.69, 9.17) is 0 Å². The maximum Gasteiger partial charge on any atom is 0.271 e. The van der Waals surface area contributed by atoms with E-state index < -0.39 is 0 Å². The van der Waals surface area contributed by atoms with Crippen molar-refractivity contribution in [1.29, 1.82) is 0 Å². The fraction of sp³-hybridized carbons (Fsp3) is 0.188. The molecule has 0 radical (unpaired) electrons. The van der Waals surface area contributed by atoms with Gasteiger partial charge in [0.25, 0.3) is 5.65 Å². The fourth-order valence-corrected chi connectivity index (χ4v) is 3.67. The third-order valence-electron chi connectivity index (χ3n) is 4.53. The van der Waals surface area contributed by atoms with Crippen LogP contribution in [0.25, 0.3) is 33.6 Å². The number of aromatic nitrogens is 5. The molecule has 0 spiro atoms. The van der Waals surface area contributed by atoms with Crippen LogP contribution >= 0.6 is 0 Å². The Morgan fingerprint density at radius 2 is 2.05 bits per heavy atom. The Bertz CT molecular complexity index is 1040. The van der Waals surface area contributed by atoms with Gasteiger partial charge in [0.15, 0.2) is 5.52 Å². The zero-order chi connectivity index (χ0) is 14.1. The first-order valence-electron chi connectivity index (χ1n) is 7.02. The van der Waals surface area contributed by atoms with Gasteiger partial charge >= 0.3 is 0 Å². The molecule has 102 valence electrons. The van der Waals surface area contributed by atoms with Gasteiger partial charge in [-0.1, -0.05) is 0 Å². The molecule has 0 aromatic carbocycles. The van der Waals surface area contributed by atoms with E-state index in [-0.39, 0.29) is 0 Å². The van der Waals surface area contributed by atoms with Crippen LogP contribution in [0.2, 0.25) is 0 Å². The van der Waals surface area contributed by atoms with Gasteiger partial charge in [0.1, 0.15) is 0 Å². The molecule has 4 aromatic heterocycles. The molecule has 5 rings (SSSR count). The van der Waals surface area contributed by atoms with Crippen LogP contribution in [0.15, 0.2) is 36.8 Å². The van der Waals surface area contributed by atoms with E-state index >= 15 is 0 Å². The molecular weight excluding hydrogens is 262 g/mol. The summed E-state index contributed by atoms with van der Waals surface area (Å²) in [5.74, 6) is 1.25. The van der Waals surface area contributed by atoms with Crippen molar-refractivity contribution in [3.8, 4) is 11.4 Å². The van der Waals surface area contributed by atoms with Crippen molar-refractivity contribution >= 4 is 22.2 Å². The molecule has 0 atom stereocenters. The van der Waals surface area contributed by atoms with Crippen LogP contribution in [0.3, 0.4) is 0 Å². The molecule has 0 bridgehead atoms. The van der Waals surface area contributed by atoms with Gasteiger partial charge in [0.2, 0.25) is 11.5 Å². The highest BCUT2D eigenvalue weighted by Gasteiger charge is 2.34. The molecule has 0 saturated carbocycles. The quantitative estimate of drug-likeness (QED) is 0.404. The molecule has 0 amide bonds. The fourth-order valence-electron chi connectivity index (χ4n) is 3.67. The van der Waals surface area contributed by atoms with Gasteiger partial charge < -0.3 is 0 Å². The summed E-state index contributed by atoms with van der Waals surface area (Å²) in [5.41, 5.74) is 6.06. The van der Waals surface area contributed by atoms with Crippen LogP contribution in [0.5, 0.6) is 0 Å². The highest BCUT2D eigenvalue weighted by atomic mass is 15.2. The monoisotopic (exact) mass is 276 g/mol. The molecule has 1 aliphatic rings. The number of nitrogens with zero attached hydrogens (tertiary/aromatic N) is 5. The summed E-state index contributed by atoms with van der Waals surface area (Å²) in [6.07, 6.45) is 5.69. The topological polar surface area (TPSA) is 39.5 Å². The van der Waals surface area contributed by atoms with Gasteiger partial charge in [0.05, 0.1) is 31.6 Å². The van der Waals surface area contributed by atoms with Crippen LogP contribution in [0, 0.1) is 0 Å². The molecular formula is C16H14N5+. The third kappa shape index (κ3) is 1.15. The summed E-state index contributed by atoms with van der Waals surface area (Å²) >= 11 is 0. The molecule has 5 heterocycles. The summed E-state index contributed by atoms with van der Waals surface area (Å²) in [5, 5.41) is 1.20. The standard InChI is InChI=1S/C16H14N5/c1-19-13-12-4-3-6-18-14(12)20(2)16(13)21-9-10-8-17-7-5-11(10)15(19)21/h3-8H,9H2,1-2H3/q+1. The maximum absolute atomic E-state index is 4.53. The summed E-state index contributed by atoms with van der Waals surface area (Å²) in [7, 11) is 4.22. The van der Waals surface area contributed by atoms with Crippen LogP contribution in [-0.4, -0.2) is 19.1 Å². The first-order valence-corrected chi connectivity index (χ1v) is 7.02. The van der Waals surface area contributed by atoms with Gasteiger partial charge in [-0.15, -0.1) is 0 Å². The molecule has 0 fully saturated rings. The molecule has 0 aliphatic carbocycles. The Morgan fingerprint density at radius 1 is 1.14 bits per heavy atom. The Balaban J connectivity index is 2.02. The van der Waals surface area contributed by atoms with E-state index in [0.29, 0.717) is 0 Å². The number of aryl methyl sites for hydroxylation is 2. The van der Waals surface area contributed by atoms with Crippen molar-refractivity contribution in [1.82, 2.24) is 19.1 Å². The largest absolute Gasteiger partial charge is 0.271 e. The van der Waals surface area contributed by atoms with Crippen molar-refractivity contribution in [2.24, 2.45) is 14.1 Å². The summed E-state index contributed by atoms with van der Waals surface area (Å²) in [6, 6.07) is 6.25. The highest BCUT2D eigenvalue weighted by molar-refractivity contribution is 6.03. The molecule has 5 heteroatoms. The molecule has 21 heavy (non-hydrogen) atoms. The minimum Gasteiger partial charge on any atom is -0.264 e. The predicted octanol–water partition coefficient (Wildman–Crippen LogP) is 1.78. The van der Waals surface area contributed by atoms with Crippen molar-refractivity contribution in [3.63, 3.8) is 0 Å².